The van der Waals surface area contributed by atoms with Crippen LogP contribution in [0.25, 0.3) is 0 Å². The van der Waals surface area contributed by atoms with Crippen molar-refractivity contribution in [2.24, 2.45) is 5.92 Å². The molecule has 0 atom stereocenters. The van der Waals surface area contributed by atoms with Crippen molar-refractivity contribution in [3.63, 3.8) is 0 Å². The Bertz CT molecular complexity index is 122. The third kappa shape index (κ3) is 4.26. The highest BCUT2D eigenvalue weighted by Gasteiger charge is 2.18. The molecule has 1 aliphatic rings. The van der Waals surface area contributed by atoms with E-state index in [0.29, 0.717) is 0 Å². The summed E-state index contributed by atoms with van der Waals surface area (Å²) in [5.41, 5.74) is 0. The van der Waals surface area contributed by atoms with E-state index in [1.165, 1.54) is 25.3 Å². The second-order valence-corrected chi connectivity index (χ2v) is 10.8. The summed E-state index contributed by atoms with van der Waals surface area (Å²) in [4.78, 5) is 0. The average molecular weight is 186 g/mol. The fourth-order valence-corrected chi connectivity index (χ4v) is 2.95. The van der Waals surface area contributed by atoms with Gasteiger partial charge in [-0.25, -0.2) is 0 Å². The highest BCUT2D eigenvalue weighted by molar-refractivity contribution is 6.76. The van der Waals surface area contributed by atoms with Crippen LogP contribution in [0.3, 0.4) is 0 Å². The lowest BCUT2D eigenvalue weighted by atomic mass is 9.98. The van der Waals surface area contributed by atoms with Crippen LogP contribution >= 0.6 is 0 Å². The van der Waals surface area contributed by atoms with Crippen LogP contribution in [0.1, 0.15) is 19.3 Å². The number of hydrogen-bond acceptors (Lipinski definition) is 1. The van der Waals surface area contributed by atoms with E-state index in [4.69, 9.17) is 4.74 Å². The SMILES string of the molecule is C[Si](C)(C)CCC1CCOCC1. The molecule has 72 valence electrons. The van der Waals surface area contributed by atoms with E-state index in [1.807, 2.05) is 0 Å². The predicted octanol–water partition coefficient (Wildman–Crippen LogP) is 3.14. The van der Waals surface area contributed by atoms with Gasteiger partial charge < -0.3 is 4.74 Å². The fourth-order valence-electron chi connectivity index (χ4n) is 1.67. The first-order valence-corrected chi connectivity index (χ1v) is 8.86. The lowest BCUT2D eigenvalue weighted by Crippen LogP contribution is -2.23. The highest BCUT2D eigenvalue weighted by atomic mass is 28.3. The third-order valence-corrected chi connectivity index (χ3v) is 4.43. The Morgan fingerprint density at radius 3 is 2.25 bits per heavy atom. The third-order valence-electron chi connectivity index (χ3n) is 2.64. The van der Waals surface area contributed by atoms with E-state index in [-0.39, 0.29) is 0 Å². The normalized spacial score (nSPS) is 21.2. The molecule has 0 spiro atoms. The lowest BCUT2D eigenvalue weighted by Gasteiger charge is -2.25. The van der Waals surface area contributed by atoms with Gasteiger partial charge in [-0.1, -0.05) is 32.1 Å². The van der Waals surface area contributed by atoms with Crippen LogP contribution < -0.4 is 0 Å². The van der Waals surface area contributed by atoms with Crippen LogP contribution in [-0.2, 0) is 4.74 Å². The summed E-state index contributed by atoms with van der Waals surface area (Å²) >= 11 is 0. The highest BCUT2D eigenvalue weighted by Crippen LogP contribution is 2.23. The zero-order valence-electron chi connectivity index (χ0n) is 8.73. The smallest absolute Gasteiger partial charge is 0.0468 e. The van der Waals surface area contributed by atoms with Crippen LogP contribution in [0.2, 0.25) is 25.7 Å². The summed E-state index contributed by atoms with van der Waals surface area (Å²) in [5, 5.41) is 0. The number of hydrogen-bond donors (Lipinski definition) is 0. The maximum Gasteiger partial charge on any atom is 0.0468 e. The molecule has 0 N–H and O–H groups in total. The first-order chi connectivity index (χ1) is 5.58. The molecule has 1 rings (SSSR count). The Morgan fingerprint density at radius 1 is 1.17 bits per heavy atom. The molecule has 0 aromatic rings. The van der Waals surface area contributed by atoms with Crippen molar-refractivity contribution in [1.29, 1.82) is 0 Å². The minimum atomic E-state index is -0.782. The Kier molecular flexibility index (Phi) is 3.78. The monoisotopic (exact) mass is 186 g/mol. The minimum Gasteiger partial charge on any atom is -0.381 e. The number of ether oxygens (including phenoxy) is 1. The van der Waals surface area contributed by atoms with Gasteiger partial charge in [-0.2, -0.15) is 0 Å². The van der Waals surface area contributed by atoms with E-state index in [2.05, 4.69) is 19.6 Å². The molecule has 1 aliphatic heterocycles. The molecule has 12 heavy (non-hydrogen) atoms. The molecule has 0 unspecified atom stereocenters. The molecule has 1 heterocycles. The van der Waals surface area contributed by atoms with Crippen molar-refractivity contribution in [3.05, 3.63) is 0 Å². The molecule has 0 amide bonds. The molecule has 0 aromatic carbocycles. The maximum absolute atomic E-state index is 5.34. The van der Waals surface area contributed by atoms with Crippen molar-refractivity contribution >= 4 is 8.07 Å². The molecule has 0 radical (unpaired) electrons. The van der Waals surface area contributed by atoms with Crippen LogP contribution in [0.15, 0.2) is 0 Å². The van der Waals surface area contributed by atoms with Gasteiger partial charge in [0.15, 0.2) is 0 Å². The number of rotatable bonds is 3. The zero-order chi connectivity index (χ0) is 9.03. The Labute approximate surface area is 77.5 Å². The molecule has 1 saturated heterocycles. The maximum atomic E-state index is 5.34. The van der Waals surface area contributed by atoms with E-state index in [0.717, 1.165) is 19.1 Å². The van der Waals surface area contributed by atoms with Crippen molar-refractivity contribution in [2.75, 3.05) is 13.2 Å². The molecule has 2 heteroatoms. The first kappa shape index (κ1) is 10.3. The molecule has 0 aliphatic carbocycles. The van der Waals surface area contributed by atoms with Crippen LogP contribution in [0.4, 0.5) is 0 Å². The topological polar surface area (TPSA) is 9.23 Å². The fraction of sp³-hybridized carbons (Fsp3) is 1.00. The Balaban J connectivity index is 2.13. The Morgan fingerprint density at radius 2 is 1.75 bits per heavy atom. The Hall–Kier alpha value is 0.177. The van der Waals surface area contributed by atoms with Crippen LogP contribution in [0, 0.1) is 5.92 Å². The molecule has 0 aromatic heterocycles. The summed E-state index contributed by atoms with van der Waals surface area (Å²) < 4.78 is 5.34. The predicted molar refractivity (Wildman–Crippen MR) is 56.3 cm³/mol. The quantitative estimate of drug-likeness (QED) is 0.615. The van der Waals surface area contributed by atoms with Crippen molar-refractivity contribution in [1.82, 2.24) is 0 Å². The standard InChI is InChI=1S/C10H22OSi/c1-12(2,3)9-6-10-4-7-11-8-5-10/h10H,4-9H2,1-3H3. The molecular weight excluding hydrogens is 164 g/mol. The van der Waals surface area contributed by atoms with Gasteiger partial charge in [0.05, 0.1) is 0 Å². The molecule has 0 bridgehead atoms. The van der Waals surface area contributed by atoms with Gasteiger partial charge in [-0.15, -0.1) is 0 Å². The summed E-state index contributed by atoms with van der Waals surface area (Å²) in [6.07, 6.45) is 4.08. The molecule has 1 fully saturated rings. The molecular formula is C10H22OSi. The van der Waals surface area contributed by atoms with Gasteiger partial charge >= 0.3 is 0 Å². The molecule has 1 nitrogen and oxygen atoms in total. The van der Waals surface area contributed by atoms with E-state index >= 15 is 0 Å². The lowest BCUT2D eigenvalue weighted by molar-refractivity contribution is 0.0653. The van der Waals surface area contributed by atoms with Crippen molar-refractivity contribution < 1.29 is 4.74 Å². The zero-order valence-corrected chi connectivity index (χ0v) is 9.73. The van der Waals surface area contributed by atoms with E-state index < -0.39 is 8.07 Å². The van der Waals surface area contributed by atoms with Gasteiger partial charge in [0.25, 0.3) is 0 Å². The minimum absolute atomic E-state index is 0.782. The van der Waals surface area contributed by atoms with Crippen molar-refractivity contribution in [2.45, 2.75) is 44.9 Å². The van der Waals surface area contributed by atoms with Gasteiger partial charge in [0, 0.05) is 21.3 Å². The summed E-state index contributed by atoms with van der Waals surface area (Å²) in [6, 6.07) is 1.50. The average Bonchev–Trinajstić information content (AvgIpc) is 2.02. The van der Waals surface area contributed by atoms with E-state index in [9.17, 15) is 0 Å². The van der Waals surface area contributed by atoms with E-state index in [1.54, 1.807) is 0 Å². The largest absolute Gasteiger partial charge is 0.381 e. The second kappa shape index (κ2) is 4.42. The van der Waals surface area contributed by atoms with Crippen LogP contribution in [-0.4, -0.2) is 21.3 Å². The summed E-state index contributed by atoms with van der Waals surface area (Å²) in [7, 11) is -0.782. The van der Waals surface area contributed by atoms with Crippen LogP contribution in [0.5, 0.6) is 0 Å². The molecule has 0 saturated carbocycles. The summed E-state index contributed by atoms with van der Waals surface area (Å²) in [5.74, 6) is 0.977. The van der Waals surface area contributed by atoms with Gasteiger partial charge in [-0.05, 0) is 18.8 Å². The van der Waals surface area contributed by atoms with Crippen molar-refractivity contribution in [3.8, 4) is 0 Å². The van der Waals surface area contributed by atoms with Gasteiger partial charge in [-0.3, -0.25) is 0 Å². The van der Waals surface area contributed by atoms with Gasteiger partial charge in [0.2, 0.25) is 0 Å². The summed E-state index contributed by atoms with van der Waals surface area (Å²) in [6.45, 7) is 9.41. The van der Waals surface area contributed by atoms with Gasteiger partial charge in [0.1, 0.15) is 0 Å². The second-order valence-electron chi connectivity index (χ2n) is 5.16. The first-order valence-electron chi connectivity index (χ1n) is 5.16.